The maximum atomic E-state index is 12.0. The van der Waals surface area contributed by atoms with Crippen LogP contribution in [0.2, 0.25) is 0 Å². The van der Waals surface area contributed by atoms with Crippen LogP contribution in [0.5, 0.6) is 0 Å². The molecule has 0 spiro atoms. The summed E-state index contributed by atoms with van der Waals surface area (Å²) < 4.78 is 11.0. The van der Waals surface area contributed by atoms with E-state index >= 15 is 0 Å². The van der Waals surface area contributed by atoms with Crippen LogP contribution in [0.25, 0.3) is 0 Å². The molecule has 4 heteroatoms. The zero-order valence-electron chi connectivity index (χ0n) is 12.8. The van der Waals surface area contributed by atoms with Crippen molar-refractivity contribution in [1.29, 1.82) is 0 Å². The van der Waals surface area contributed by atoms with Crippen LogP contribution in [0.3, 0.4) is 0 Å². The molecule has 4 nitrogen and oxygen atoms in total. The highest BCUT2D eigenvalue weighted by Crippen LogP contribution is 2.07. The molecule has 116 valence electrons. The fraction of sp³-hybridized carbons (Fsp3) is 0.278. The molecule has 2 rings (SSSR count). The molecule has 0 fully saturated rings. The highest BCUT2D eigenvalue weighted by atomic mass is 16.5. The maximum absolute atomic E-state index is 12.0. The monoisotopic (exact) mass is 300 g/mol. The number of esters is 1. The van der Waals surface area contributed by atoms with E-state index in [0.29, 0.717) is 6.61 Å². The number of rotatable bonds is 7. The van der Waals surface area contributed by atoms with E-state index in [2.05, 4.69) is 5.73 Å². The maximum Gasteiger partial charge on any atom is 0.367 e. The topological polar surface area (TPSA) is 63.2 Å². The largest absolute Gasteiger partial charge is 0.456 e. The van der Waals surface area contributed by atoms with Crippen molar-refractivity contribution in [2.24, 2.45) is 0 Å². The van der Waals surface area contributed by atoms with Gasteiger partial charge in [-0.25, -0.2) is 4.79 Å². The summed E-state index contributed by atoms with van der Waals surface area (Å²) in [5.41, 5.74) is 5.89. The summed E-state index contributed by atoms with van der Waals surface area (Å²) >= 11 is 0. The van der Waals surface area contributed by atoms with Gasteiger partial charge in [0.05, 0.1) is 6.61 Å². The molecular formula is C18H22NO3+. The van der Waals surface area contributed by atoms with Gasteiger partial charge < -0.3 is 15.2 Å². The van der Waals surface area contributed by atoms with E-state index in [4.69, 9.17) is 9.47 Å². The average molecular weight is 300 g/mol. The molecule has 0 bridgehead atoms. The molecular weight excluding hydrogens is 278 g/mol. The van der Waals surface area contributed by atoms with E-state index in [1.165, 1.54) is 0 Å². The number of ether oxygens (including phenoxy) is 2. The normalized spacial score (nSPS) is 13.4. The van der Waals surface area contributed by atoms with E-state index in [-0.39, 0.29) is 18.7 Å². The second kappa shape index (κ2) is 8.32. The minimum absolute atomic E-state index is 0.261. The quantitative estimate of drug-likeness (QED) is 0.795. The van der Waals surface area contributed by atoms with Crippen molar-refractivity contribution < 1.29 is 20.0 Å². The first-order chi connectivity index (χ1) is 10.7. The molecule has 0 aromatic heterocycles. The van der Waals surface area contributed by atoms with Gasteiger partial charge in [0.2, 0.25) is 6.04 Å². The third-order valence-corrected chi connectivity index (χ3v) is 3.45. The van der Waals surface area contributed by atoms with Gasteiger partial charge in [0.25, 0.3) is 0 Å². The number of benzene rings is 2. The summed E-state index contributed by atoms with van der Waals surface area (Å²) in [6.45, 7) is 2.56. The highest BCUT2D eigenvalue weighted by Gasteiger charge is 2.27. The van der Waals surface area contributed by atoms with Crippen molar-refractivity contribution in [3.05, 3.63) is 71.8 Å². The third kappa shape index (κ3) is 4.98. The van der Waals surface area contributed by atoms with Gasteiger partial charge in [-0.3, -0.25) is 0 Å². The van der Waals surface area contributed by atoms with Crippen LogP contribution in [0.4, 0.5) is 0 Å². The molecule has 3 N–H and O–H groups in total. The molecule has 2 aromatic carbocycles. The Morgan fingerprint density at radius 3 is 2.00 bits per heavy atom. The summed E-state index contributed by atoms with van der Waals surface area (Å²) in [6, 6.07) is 18.9. The Labute approximate surface area is 130 Å². The van der Waals surface area contributed by atoms with E-state index in [9.17, 15) is 4.79 Å². The summed E-state index contributed by atoms with van der Waals surface area (Å²) in [5.74, 6) is -0.343. The van der Waals surface area contributed by atoms with Gasteiger partial charge in [0, 0.05) is 0 Å². The van der Waals surface area contributed by atoms with Crippen molar-refractivity contribution in [3.63, 3.8) is 0 Å². The van der Waals surface area contributed by atoms with E-state index in [1.54, 1.807) is 0 Å². The zero-order chi connectivity index (χ0) is 15.8. The van der Waals surface area contributed by atoms with Gasteiger partial charge in [-0.15, -0.1) is 0 Å². The molecule has 0 radical (unpaired) electrons. The fourth-order valence-electron chi connectivity index (χ4n) is 1.95. The van der Waals surface area contributed by atoms with Crippen LogP contribution in [0.15, 0.2) is 60.7 Å². The first-order valence-electron chi connectivity index (χ1n) is 7.36. The molecule has 0 unspecified atom stereocenters. The Hall–Kier alpha value is -2.17. The fourth-order valence-corrected chi connectivity index (χ4v) is 1.95. The molecule has 0 saturated heterocycles. The van der Waals surface area contributed by atoms with Crippen molar-refractivity contribution >= 4 is 5.97 Å². The Balaban J connectivity index is 1.77. The van der Waals surface area contributed by atoms with Gasteiger partial charge in [0.1, 0.15) is 12.7 Å². The van der Waals surface area contributed by atoms with E-state index in [0.717, 1.165) is 11.1 Å². The Morgan fingerprint density at radius 1 is 0.955 bits per heavy atom. The first kappa shape index (κ1) is 16.2. The molecule has 0 aliphatic carbocycles. The minimum atomic E-state index is -0.549. The highest BCUT2D eigenvalue weighted by molar-refractivity contribution is 5.74. The summed E-state index contributed by atoms with van der Waals surface area (Å²) in [4.78, 5) is 12.0. The van der Waals surface area contributed by atoms with Crippen molar-refractivity contribution in [3.8, 4) is 0 Å². The van der Waals surface area contributed by atoms with Crippen molar-refractivity contribution in [2.45, 2.75) is 32.3 Å². The SMILES string of the molecule is C[C@H](OCc1ccccc1)[C@@H]([NH3+])C(=O)OCc1ccccc1. The van der Waals surface area contributed by atoms with Crippen molar-refractivity contribution in [2.75, 3.05) is 0 Å². The molecule has 0 aliphatic rings. The molecule has 0 aliphatic heterocycles. The predicted octanol–water partition coefficient (Wildman–Crippen LogP) is 1.95. The van der Waals surface area contributed by atoms with Gasteiger partial charge in [-0.2, -0.15) is 0 Å². The standard InChI is InChI=1S/C18H21NO3/c1-14(21-12-15-8-4-2-5-9-15)17(19)18(20)22-13-16-10-6-3-7-11-16/h2-11,14,17H,12-13,19H2,1H3/p+1/t14-,17+/m0/s1. The van der Waals surface area contributed by atoms with Gasteiger partial charge in [-0.05, 0) is 18.1 Å². The molecule has 0 heterocycles. The number of quaternary nitrogens is 1. The van der Waals surface area contributed by atoms with E-state index < -0.39 is 6.04 Å². The van der Waals surface area contributed by atoms with Crippen molar-refractivity contribution in [1.82, 2.24) is 0 Å². The average Bonchev–Trinajstić information content (AvgIpc) is 2.58. The second-order valence-corrected chi connectivity index (χ2v) is 5.20. The zero-order valence-corrected chi connectivity index (χ0v) is 12.8. The number of carbonyl (C=O) groups is 1. The van der Waals surface area contributed by atoms with Gasteiger partial charge in [0.15, 0.2) is 0 Å². The first-order valence-corrected chi connectivity index (χ1v) is 7.36. The Bertz CT molecular complexity index is 571. The molecule has 0 amide bonds. The lowest BCUT2D eigenvalue weighted by Crippen LogP contribution is -2.70. The van der Waals surface area contributed by atoms with Crippen LogP contribution in [-0.2, 0) is 27.5 Å². The minimum Gasteiger partial charge on any atom is -0.456 e. The molecule has 2 atom stereocenters. The van der Waals surface area contributed by atoms with E-state index in [1.807, 2.05) is 67.6 Å². The lowest BCUT2D eigenvalue weighted by molar-refractivity contribution is -0.426. The lowest BCUT2D eigenvalue weighted by atomic mass is 10.2. The molecule has 0 saturated carbocycles. The van der Waals surface area contributed by atoms with Gasteiger partial charge in [-0.1, -0.05) is 60.7 Å². The number of hydrogen-bond donors (Lipinski definition) is 1. The van der Waals surface area contributed by atoms with Crippen LogP contribution in [0, 0.1) is 0 Å². The lowest BCUT2D eigenvalue weighted by Gasteiger charge is -2.17. The Kier molecular flexibility index (Phi) is 6.13. The van der Waals surface area contributed by atoms with Crippen LogP contribution >= 0.6 is 0 Å². The van der Waals surface area contributed by atoms with Crippen LogP contribution in [0.1, 0.15) is 18.1 Å². The summed E-state index contributed by atoms with van der Waals surface area (Å²) in [6.07, 6.45) is -0.302. The van der Waals surface area contributed by atoms with Crippen LogP contribution in [-0.4, -0.2) is 18.1 Å². The smallest absolute Gasteiger partial charge is 0.367 e. The number of carbonyl (C=O) groups excluding carboxylic acids is 1. The summed E-state index contributed by atoms with van der Waals surface area (Å²) in [5, 5.41) is 0. The Morgan fingerprint density at radius 2 is 1.45 bits per heavy atom. The molecule has 2 aromatic rings. The van der Waals surface area contributed by atoms with Crippen LogP contribution < -0.4 is 5.73 Å². The third-order valence-electron chi connectivity index (χ3n) is 3.45. The van der Waals surface area contributed by atoms with Gasteiger partial charge >= 0.3 is 5.97 Å². The molecule has 22 heavy (non-hydrogen) atoms. The summed E-state index contributed by atoms with van der Waals surface area (Å²) in [7, 11) is 0. The number of hydrogen-bond acceptors (Lipinski definition) is 3. The second-order valence-electron chi connectivity index (χ2n) is 5.20. The predicted molar refractivity (Wildman–Crippen MR) is 83.6 cm³/mol.